The number of piperidine rings is 1. The monoisotopic (exact) mass is 385 g/mol. The fraction of sp³-hybridized carbons (Fsp3) is 0.500. The van der Waals surface area contributed by atoms with Gasteiger partial charge >= 0.3 is 0 Å². The molecular weight excluding hydrogens is 358 g/mol. The highest BCUT2D eigenvalue weighted by Gasteiger charge is 2.15. The van der Waals surface area contributed by atoms with E-state index in [-0.39, 0.29) is 18.2 Å². The number of likely N-dealkylation sites (tertiary alicyclic amines) is 1. The summed E-state index contributed by atoms with van der Waals surface area (Å²) in [5.74, 6) is 0.826. The number of anilines is 2. The third-order valence-corrected chi connectivity index (χ3v) is 4.75. The van der Waals surface area contributed by atoms with Gasteiger partial charge in [-0.3, -0.25) is 14.5 Å². The summed E-state index contributed by atoms with van der Waals surface area (Å²) in [6, 6.07) is 5.50. The Labute approximate surface area is 164 Å². The number of aryl methyl sites for hydroxylation is 3. The van der Waals surface area contributed by atoms with Gasteiger partial charge in [0.2, 0.25) is 17.7 Å². The van der Waals surface area contributed by atoms with E-state index >= 15 is 0 Å². The smallest absolute Gasteiger partial charge is 0.238 e. The Balaban J connectivity index is 1.53. The van der Waals surface area contributed by atoms with Crippen LogP contribution in [-0.4, -0.2) is 46.5 Å². The van der Waals surface area contributed by atoms with Crippen LogP contribution >= 0.6 is 0 Å². The van der Waals surface area contributed by atoms with Crippen molar-refractivity contribution in [2.24, 2.45) is 0 Å². The van der Waals surface area contributed by atoms with Gasteiger partial charge in [0, 0.05) is 24.2 Å². The van der Waals surface area contributed by atoms with Gasteiger partial charge in [-0.05, 0) is 57.5 Å². The molecule has 0 bridgehead atoms. The van der Waals surface area contributed by atoms with Gasteiger partial charge in [0.05, 0.1) is 6.54 Å². The normalized spacial score (nSPS) is 14.6. The molecule has 1 fully saturated rings. The summed E-state index contributed by atoms with van der Waals surface area (Å²) >= 11 is 0. The second-order valence-electron chi connectivity index (χ2n) is 7.20. The van der Waals surface area contributed by atoms with Crippen molar-refractivity contribution >= 4 is 23.2 Å². The third-order valence-electron chi connectivity index (χ3n) is 4.75. The van der Waals surface area contributed by atoms with Crippen molar-refractivity contribution in [1.29, 1.82) is 0 Å². The predicted molar refractivity (Wildman–Crippen MR) is 106 cm³/mol. The van der Waals surface area contributed by atoms with Crippen molar-refractivity contribution in [3.05, 3.63) is 35.5 Å². The maximum Gasteiger partial charge on any atom is 0.238 e. The third kappa shape index (κ3) is 5.88. The number of carbonyl (C=O) groups is 2. The molecule has 8 heteroatoms. The van der Waals surface area contributed by atoms with Crippen molar-refractivity contribution in [3.8, 4) is 0 Å². The highest BCUT2D eigenvalue weighted by molar-refractivity contribution is 5.95. The summed E-state index contributed by atoms with van der Waals surface area (Å²) in [5.41, 5.74) is 2.31. The summed E-state index contributed by atoms with van der Waals surface area (Å²) in [6.45, 7) is 6.02. The van der Waals surface area contributed by atoms with Crippen LogP contribution < -0.4 is 10.6 Å². The molecule has 2 amide bonds. The SMILES string of the molecule is Cc1noc(CCC(=O)Nc2ccc(C)c(NC(=O)CN3CCCCC3)c2)n1. The fourth-order valence-corrected chi connectivity index (χ4v) is 3.23. The Morgan fingerprint density at radius 1 is 1.11 bits per heavy atom. The molecule has 1 aliphatic rings. The lowest BCUT2D eigenvalue weighted by Gasteiger charge is -2.25. The molecular formula is C20H27N5O3. The number of hydrogen-bond acceptors (Lipinski definition) is 6. The molecule has 0 aliphatic carbocycles. The van der Waals surface area contributed by atoms with Gasteiger partial charge in [0.25, 0.3) is 0 Å². The molecule has 1 saturated heterocycles. The minimum absolute atomic E-state index is 0.0276. The number of amides is 2. The van der Waals surface area contributed by atoms with Crippen molar-refractivity contribution in [2.45, 2.75) is 46.0 Å². The molecule has 150 valence electrons. The first kappa shape index (κ1) is 20.0. The molecule has 0 radical (unpaired) electrons. The first-order valence-corrected chi connectivity index (χ1v) is 9.71. The zero-order valence-corrected chi connectivity index (χ0v) is 16.5. The molecule has 8 nitrogen and oxygen atoms in total. The van der Waals surface area contributed by atoms with Crippen LogP contribution in [-0.2, 0) is 16.0 Å². The number of benzene rings is 1. The quantitative estimate of drug-likeness (QED) is 0.760. The van der Waals surface area contributed by atoms with Crippen LogP contribution in [0, 0.1) is 13.8 Å². The lowest BCUT2D eigenvalue weighted by Crippen LogP contribution is -2.36. The van der Waals surface area contributed by atoms with Crippen molar-refractivity contribution in [3.63, 3.8) is 0 Å². The molecule has 0 spiro atoms. The number of nitrogens with one attached hydrogen (secondary N) is 2. The average molecular weight is 385 g/mol. The van der Waals surface area contributed by atoms with Crippen molar-refractivity contribution < 1.29 is 14.1 Å². The van der Waals surface area contributed by atoms with Gasteiger partial charge < -0.3 is 15.2 Å². The first-order valence-electron chi connectivity index (χ1n) is 9.71. The number of aromatic nitrogens is 2. The molecule has 28 heavy (non-hydrogen) atoms. The van der Waals surface area contributed by atoms with E-state index in [1.54, 1.807) is 13.0 Å². The molecule has 0 unspecified atom stereocenters. The van der Waals surface area contributed by atoms with Crippen LogP contribution in [0.3, 0.4) is 0 Å². The van der Waals surface area contributed by atoms with Crippen molar-refractivity contribution in [1.82, 2.24) is 15.0 Å². The van der Waals surface area contributed by atoms with Gasteiger partial charge in [0.1, 0.15) is 0 Å². The van der Waals surface area contributed by atoms with Gasteiger partial charge in [-0.1, -0.05) is 17.6 Å². The second kappa shape index (κ2) is 9.45. The van der Waals surface area contributed by atoms with Gasteiger partial charge in [0.15, 0.2) is 5.82 Å². The molecule has 0 saturated carbocycles. The Hall–Kier alpha value is -2.74. The Morgan fingerprint density at radius 2 is 1.89 bits per heavy atom. The molecule has 2 N–H and O–H groups in total. The number of nitrogens with zero attached hydrogens (tertiary/aromatic N) is 3. The van der Waals surface area contributed by atoms with Gasteiger partial charge in [-0.2, -0.15) is 4.98 Å². The Morgan fingerprint density at radius 3 is 2.61 bits per heavy atom. The molecule has 0 atom stereocenters. The van der Waals surface area contributed by atoms with Crippen LogP contribution in [0.2, 0.25) is 0 Å². The summed E-state index contributed by atoms with van der Waals surface area (Å²) in [6.07, 6.45) is 4.17. The zero-order valence-electron chi connectivity index (χ0n) is 16.5. The molecule has 1 aliphatic heterocycles. The molecule has 1 aromatic heterocycles. The lowest BCUT2D eigenvalue weighted by molar-refractivity contribution is -0.117. The number of hydrogen-bond donors (Lipinski definition) is 2. The molecule has 2 aromatic rings. The van der Waals surface area contributed by atoms with E-state index < -0.39 is 0 Å². The topological polar surface area (TPSA) is 100 Å². The highest BCUT2D eigenvalue weighted by Crippen LogP contribution is 2.21. The van der Waals surface area contributed by atoms with Crippen LogP contribution in [0.5, 0.6) is 0 Å². The van der Waals surface area contributed by atoms with Crippen molar-refractivity contribution in [2.75, 3.05) is 30.3 Å². The maximum atomic E-state index is 12.4. The van der Waals surface area contributed by atoms with E-state index in [9.17, 15) is 9.59 Å². The lowest BCUT2D eigenvalue weighted by atomic mass is 10.1. The van der Waals surface area contributed by atoms with Crippen LogP contribution in [0.25, 0.3) is 0 Å². The number of carbonyl (C=O) groups excluding carboxylic acids is 2. The average Bonchev–Trinajstić information content (AvgIpc) is 3.09. The minimum atomic E-state index is -0.148. The molecule has 2 heterocycles. The highest BCUT2D eigenvalue weighted by atomic mass is 16.5. The van der Waals surface area contributed by atoms with Crippen LogP contribution in [0.1, 0.15) is 43.0 Å². The first-order chi connectivity index (χ1) is 13.5. The van der Waals surface area contributed by atoms with Gasteiger partial charge in [-0.15, -0.1) is 0 Å². The van der Waals surface area contributed by atoms with Crippen LogP contribution in [0.4, 0.5) is 11.4 Å². The fourth-order valence-electron chi connectivity index (χ4n) is 3.23. The maximum absolute atomic E-state index is 12.4. The molecule has 3 rings (SSSR count). The second-order valence-corrected chi connectivity index (χ2v) is 7.20. The standard InChI is InChI=1S/C20H27N5O3/c1-14-6-7-16(22-18(26)8-9-20-21-15(2)24-28-20)12-17(14)23-19(27)13-25-10-4-3-5-11-25/h6-7,12H,3-5,8-11,13H2,1-2H3,(H,22,26)(H,23,27). The minimum Gasteiger partial charge on any atom is -0.339 e. The summed E-state index contributed by atoms with van der Waals surface area (Å²) in [5, 5.41) is 9.53. The Kier molecular flexibility index (Phi) is 6.76. The van der Waals surface area contributed by atoms with E-state index in [4.69, 9.17) is 4.52 Å². The summed E-state index contributed by atoms with van der Waals surface area (Å²) in [4.78, 5) is 30.8. The largest absolute Gasteiger partial charge is 0.339 e. The summed E-state index contributed by atoms with van der Waals surface area (Å²) < 4.78 is 5.01. The number of rotatable bonds is 7. The molecule has 1 aromatic carbocycles. The van der Waals surface area contributed by atoms with E-state index in [0.717, 1.165) is 31.5 Å². The van der Waals surface area contributed by atoms with E-state index in [2.05, 4.69) is 25.7 Å². The van der Waals surface area contributed by atoms with Gasteiger partial charge in [-0.25, -0.2) is 0 Å². The Bertz CT molecular complexity index is 827. The van der Waals surface area contributed by atoms with E-state index in [1.807, 2.05) is 19.1 Å². The van der Waals surface area contributed by atoms with E-state index in [1.165, 1.54) is 6.42 Å². The van der Waals surface area contributed by atoms with Crippen LogP contribution in [0.15, 0.2) is 22.7 Å². The van der Waals surface area contributed by atoms with E-state index in [0.29, 0.717) is 36.1 Å². The predicted octanol–water partition coefficient (Wildman–Crippen LogP) is 2.68. The summed E-state index contributed by atoms with van der Waals surface area (Å²) in [7, 11) is 0. The zero-order chi connectivity index (χ0) is 19.9.